The zero-order valence-corrected chi connectivity index (χ0v) is 7.54. The van der Waals surface area contributed by atoms with E-state index in [1.165, 1.54) is 5.69 Å². The average molecular weight is 152 g/mol. The zero-order chi connectivity index (χ0) is 8.27. The molecule has 62 valence electrons. The molecule has 0 fully saturated rings. The Hall–Kier alpha value is -0.790. The normalized spacial score (nSPS) is 10.9. The van der Waals surface area contributed by atoms with Crippen molar-refractivity contribution < 1.29 is 0 Å². The van der Waals surface area contributed by atoms with Gasteiger partial charge in [0.15, 0.2) is 0 Å². The van der Waals surface area contributed by atoms with E-state index in [1.807, 2.05) is 12.5 Å². The first-order valence-corrected chi connectivity index (χ1v) is 4.23. The van der Waals surface area contributed by atoms with Crippen LogP contribution >= 0.6 is 0 Å². The summed E-state index contributed by atoms with van der Waals surface area (Å²) in [6.07, 6.45) is 5.00. The van der Waals surface area contributed by atoms with E-state index in [9.17, 15) is 0 Å². The quantitative estimate of drug-likeness (QED) is 0.648. The van der Waals surface area contributed by atoms with Crippen LogP contribution in [0.5, 0.6) is 0 Å². The van der Waals surface area contributed by atoms with Gasteiger partial charge in [-0.25, -0.2) is 4.98 Å². The largest absolute Gasteiger partial charge is 0.335 e. The molecule has 2 heteroatoms. The fraction of sp³-hybridized carbons (Fsp3) is 0.667. The summed E-state index contributed by atoms with van der Waals surface area (Å²) in [6, 6.07) is 0. The first-order valence-electron chi connectivity index (χ1n) is 4.23. The molecule has 0 unspecified atom stereocenters. The number of aryl methyl sites for hydroxylation is 1. The SMILES string of the molecule is CCn1cncc1CC(C)C. The maximum Gasteiger partial charge on any atom is 0.0948 e. The second-order valence-corrected chi connectivity index (χ2v) is 3.27. The zero-order valence-electron chi connectivity index (χ0n) is 7.54. The lowest BCUT2D eigenvalue weighted by atomic mass is 10.1. The van der Waals surface area contributed by atoms with Crippen LogP contribution in [0.15, 0.2) is 12.5 Å². The van der Waals surface area contributed by atoms with Crippen molar-refractivity contribution in [1.82, 2.24) is 9.55 Å². The Kier molecular flexibility index (Phi) is 2.69. The Morgan fingerprint density at radius 1 is 1.55 bits per heavy atom. The molecule has 0 N–H and O–H groups in total. The van der Waals surface area contributed by atoms with Crippen molar-refractivity contribution in [3.63, 3.8) is 0 Å². The third-order valence-electron chi connectivity index (χ3n) is 1.76. The molecule has 0 aliphatic carbocycles. The van der Waals surface area contributed by atoms with Gasteiger partial charge in [-0.1, -0.05) is 13.8 Å². The molecule has 0 saturated heterocycles. The third kappa shape index (κ3) is 2.07. The maximum atomic E-state index is 4.11. The average Bonchev–Trinajstić information content (AvgIpc) is 2.34. The van der Waals surface area contributed by atoms with Crippen molar-refractivity contribution in [2.24, 2.45) is 5.92 Å². The highest BCUT2D eigenvalue weighted by atomic mass is 15.0. The molecule has 0 radical (unpaired) electrons. The van der Waals surface area contributed by atoms with Gasteiger partial charge in [-0.05, 0) is 19.3 Å². The molecule has 0 atom stereocenters. The Morgan fingerprint density at radius 3 is 2.82 bits per heavy atom. The number of nitrogens with zero attached hydrogens (tertiary/aromatic N) is 2. The van der Waals surface area contributed by atoms with Gasteiger partial charge in [-0.3, -0.25) is 0 Å². The molecular weight excluding hydrogens is 136 g/mol. The van der Waals surface area contributed by atoms with Crippen molar-refractivity contribution in [1.29, 1.82) is 0 Å². The fourth-order valence-corrected chi connectivity index (χ4v) is 1.22. The van der Waals surface area contributed by atoms with E-state index in [0.717, 1.165) is 18.9 Å². The predicted molar refractivity (Wildman–Crippen MR) is 46.4 cm³/mol. The highest BCUT2D eigenvalue weighted by Crippen LogP contribution is 2.06. The van der Waals surface area contributed by atoms with E-state index >= 15 is 0 Å². The Bertz CT molecular complexity index is 213. The molecule has 0 aromatic carbocycles. The van der Waals surface area contributed by atoms with Gasteiger partial charge >= 0.3 is 0 Å². The van der Waals surface area contributed by atoms with Crippen LogP contribution in [0, 0.1) is 5.92 Å². The van der Waals surface area contributed by atoms with Crippen LogP contribution < -0.4 is 0 Å². The van der Waals surface area contributed by atoms with Crippen molar-refractivity contribution in [2.75, 3.05) is 0 Å². The fourth-order valence-electron chi connectivity index (χ4n) is 1.22. The van der Waals surface area contributed by atoms with E-state index in [-0.39, 0.29) is 0 Å². The summed E-state index contributed by atoms with van der Waals surface area (Å²) < 4.78 is 2.19. The second-order valence-electron chi connectivity index (χ2n) is 3.27. The minimum Gasteiger partial charge on any atom is -0.335 e. The van der Waals surface area contributed by atoms with Crippen LogP contribution in [0.2, 0.25) is 0 Å². The minimum absolute atomic E-state index is 0.719. The molecule has 11 heavy (non-hydrogen) atoms. The summed E-state index contributed by atoms with van der Waals surface area (Å²) in [4.78, 5) is 4.11. The molecule has 0 bridgehead atoms. The monoisotopic (exact) mass is 152 g/mol. The Balaban J connectivity index is 2.68. The topological polar surface area (TPSA) is 17.8 Å². The van der Waals surface area contributed by atoms with Gasteiger partial charge in [0.2, 0.25) is 0 Å². The number of rotatable bonds is 3. The molecule has 1 heterocycles. The summed E-state index contributed by atoms with van der Waals surface area (Å²) in [7, 11) is 0. The molecule has 0 saturated carbocycles. The summed E-state index contributed by atoms with van der Waals surface area (Å²) in [5.74, 6) is 0.719. The molecule has 0 amide bonds. The van der Waals surface area contributed by atoms with E-state index < -0.39 is 0 Å². The van der Waals surface area contributed by atoms with Gasteiger partial charge in [0.05, 0.1) is 6.33 Å². The van der Waals surface area contributed by atoms with Crippen molar-refractivity contribution in [3.05, 3.63) is 18.2 Å². The van der Waals surface area contributed by atoms with Crippen LogP contribution in [-0.4, -0.2) is 9.55 Å². The predicted octanol–water partition coefficient (Wildman–Crippen LogP) is 2.10. The van der Waals surface area contributed by atoms with Gasteiger partial charge in [-0.2, -0.15) is 0 Å². The summed E-state index contributed by atoms with van der Waals surface area (Å²) >= 11 is 0. The lowest BCUT2D eigenvalue weighted by molar-refractivity contribution is 0.598. The van der Waals surface area contributed by atoms with E-state index in [0.29, 0.717) is 0 Å². The molecule has 1 rings (SSSR count). The van der Waals surface area contributed by atoms with Gasteiger partial charge < -0.3 is 4.57 Å². The van der Waals surface area contributed by atoms with Gasteiger partial charge in [0.25, 0.3) is 0 Å². The Labute approximate surface area is 68.3 Å². The highest BCUT2D eigenvalue weighted by Gasteiger charge is 2.01. The summed E-state index contributed by atoms with van der Waals surface area (Å²) in [6.45, 7) is 7.63. The first-order chi connectivity index (χ1) is 5.24. The van der Waals surface area contributed by atoms with E-state index in [1.54, 1.807) is 0 Å². The van der Waals surface area contributed by atoms with E-state index in [2.05, 4.69) is 30.3 Å². The first kappa shape index (κ1) is 8.31. The summed E-state index contributed by atoms with van der Waals surface area (Å²) in [5, 5.41) is 0. The third-order valence-corrected chi connectivity index (χ3v) is 1.76. The molecule has 0 aliphatic rings. The highest BCUT2D eigenvalue weighted by molar-refractivity contribution is 4.98. The molecule has 1 aromatic heterocycles. The lowest BCUT2D eigenvalue weighted by Gasteiger charge is -2.06. The molecule has 0 aliphatic heterocycles. The minimum atomic E-state index is 0.719. The molecule has 2 nitrogen and oxygen atoms in total. The summed E-state index contributed by atoms with van der Waals surface area (Å²) in [5.41, 5.74) is 1.35. The maximum absolute atomic E-state index is 4.11. The number of imidazole rings is 1. The lowest BCUT2D eigenvalue weighted by Crippen LogP contribution is -2.02. The second kappa shape index (κ2) is 3.56. The van der Waals surface area contributed by atoms with Crippen LogP contribution in [0.4, 0.5) is 0 Å². The van der Waals surface area contributed by atoms with Crippen molar-refractivity contribution in [3.8, 4) is 0 Å². The Morgan fingerprint density at radius 2 is 2.27 bits per heavy atom. The van der Waals surface area contributed by atoms with Crippen LogP contribution in [0.3, 0.4) is 0 Å². The van der Waals surface area contributed by atoms with E-state index in [4.69, 9.17) is 0 Å². The van der Waals surface area contributed by atoms with Crippen LogP contribution in [0.1, 0.15) is 26.5 Å². The smallest absolute Gasteiger partial charge is 0.0948 e. The molecule has 1 aromatic rings. The van der Waals surface area contributed by atoms with Crippen molar-refractivity contribution in [2.45, 2.75) is 33.7 Å². The molecule has 0 spiro atoms. The number of hydrogen-bond donors (Lipinski definition) is 0. The number of hydrogen-bond acceptors (Lipinski definition) is 1. The van der Waals surface area contributed by atoms with Crippen LogP contribution in [0.25, 0.3) is 0 Å². The standard InChI is InChI=1S/C9H16N2/c1-4-11-7-10-6-9(11)5-8(2)3/h6-8H,4-5H2,1-3H3. The van der Waals surface area contributed by atoms with Gasteiger partial charge in [0, 0.05) is 18.4 Å². The van der Waals surface area contributed by atoms with Gasteiger partial charge in [-0.15, -0.1) is 0 Å². The van der Waals surface area contributed by atoms with Crippen LogP contribution in [-0.2, 0) is 13.0 Å². The van der Waals surface area contributed by atoms with Gasteiger partial charge in [0.1, 0.15) is 0 Å². The molecular formula is C9H16N2. The van der Waals surface area contributed by atoms with Crippen molar-refractivity contribution >= 4 is 0 Å². The number of aromatic nitrogens is 2.